The maximum absolute atomic E-state index is 12.8. The predicted molar refractivity (Wildman–Crippen MR) is 90.9 cm³/mol. The van der Waals surface area contributed by atoms with Crippen LogP contribution in [0.25, 0.3) is 17.0 Å². The van der Waals surface area contributed by atoms with E-state index in [0.717, 1.165) is 30.8 Å². The number of pyridine rings is 1. The van der Waals surface area contributed by atoms with Gasteiger partial charge in [-0.05, 0) is 30.4 Å². The first-order chi connectivity index (χ1) is 12.7. The number of nitrogens with zero attached hydrogens (tertiary/aromatic N) is 4. The summed E-state index contributed by atoms with van der Waals surface area (Å²) in [5.41, 5.74) is 0.130. The van der Waals surface area contributed by atoms with Crippen LogP contribution < -0.4 is 0 Å². The summed E-state index contributed by atoms with van der Waals surface area (Å²) < 4.78 is 65.0. The van der Waals surface area contributed by atoms with E-state index in [9.17, 15) is 21.6 Å². The Labute approximate surface area is 153 Å². The minimum atomic E-state index is -4.59. The predicted octanol–water partition coefficient (Wildman–Crippen LogP) is 3.48. The summed E-state index contributed by atoms with van der Waals surface area (Å²) in [4.78, 5) is 11.9. The van der Waals surface area contributed by atoms with E-state index in [-0.39, 0.29) is 27.7 Å². The lowest BCUT2D eigenvalue weighted by molar-refractivity contribution is -0.141. The van der Waals surface area contributed by atoms with E-state index < -0.39 is 21.7 Å². The number of halogens is 3. The highest BCUT2D eigenvalue weighted by atomic mass is 32.2. The topological polar surface area (TPSA) is 77.2 Å². The first-order valence-electron chi connectivity index (χ1n) is 8.34. The van der Waals surface area contributed by atoms with Gasteiger partial charge in [-0.15, -0.1) is 0 Å². The third-order valence-electron chi connectivity index (χ3n) is 4.52. The molecule has 0 radical (unpaired) electrons. The number of alkyl halides is 3. The molecule has 0 spiro atoms. The van der Waals surface area contributed by atoms with Crippen molar-refractivity contribution in [2.24, 2.45) is 0 Å². The Morgan fingerprint density at radius 1 is 1.22 bits per heavy atom. The Kier molecular flexibility index (Phi) is 3.99. The van der Waals surface area contributed by atoms with Crippen molar-refractivity contribution in [1.29, 1.82) is 0 Å². The molecule has 0 bridgehead atoms. The summed E-state index contributed by atoms with van der Waals surface area (Å²) in [6.45, 7) is 1.53. The van der Waals surface area contributed by atoms with Crippen LogP contribution in [-0.4, -0.2) is 33.5 Å². The molecule has 3 heterocycles. The molecule has 27 heavy (non-hydrogen) atoms. The molecular formula is C17H15F3N4O2S. The fourth-order valence-electron chi connectivity index (χ4n) is 2.84. The van der Waals surface area contributed by atoms with Gasteiger partial charge in [0, 0.05) is 18.5 Å². The molecule has 3 aromatic heterocycles. The molecule has 1 saturated carbocycles. The second kappa shape index (κ2) is 6.01. The van der Waals surface area contributed by atoms with Gasteiger partial charge < -0.3 is 0 Å². The number of rotatable bonds is 4. The minimum absolute atomic E-state index is 0.0141. The summed E-state index contributed by atoms with van der Waals surface area (Å²) in [6, 6.07) is 2.43. The molecule has 0 saturated heterocycles. The number of sulfone groups is 1. The Bertz CT molecular complexity index is 1130. The Balaban J connectivity index is 1.87. The monoisotopic (exact) mass is 396 g/mol. The Morgan fingerprint density at radius 3 is 2.59 bits per heavy atom. The zero-order valence-electron chi connectivity index (χ0n) is 14.2. The van der Waals surface area contributed by atoms with E-state index in [4.69, 9.17) is 0 Å². The SMILES string of the molecule is CCS(=O)(=O)c1cc(C2CC2)cnc1-c1cn2cnc(C(F)(F)F)cc2n1. The fraction of sp³-hybridized carbons (Fsp3) is 0.353. The molecule has 3 aromatic rings. The number of aromatic nitrogens is 4. The number of hydrogen-bond acceptors (Lipinski definition) is 5. The van der Waals surface area contributed by atoms with Gasteiger partial charge in [0.15, 0.2) is 9.84 Å². The quantitative estimate of drug-likeness (QED) is 0.675. The van der Waals surface area contributed by atoms with Crippen LogP contribution in [-0.2, 0) is 16.0 Å². The lowest BCUT2D eigenvalue weighted by Gasteiger charge is -2.09. The molecule has 142 valence electrons. The van der Waals surface area contributed by atoms with E-state index in [1.807, 2.05) is 0 Å². The number of hydrogen-bond donors (Lipinski definition) is 0. The minimum Gasteiger partial charge on any atom is -0.290 e. The van der Waals surface area contributed by atoms with Gasteiger partial charge in [0.25, 0.3) is 0 Å². The molecule has 0 atom stereocenters. The molecule has 10 heteroatoms. The van der Waals surface area contributed by atoms with E-state index in [2.05, 4.69) is 15.0 Å². The summed E-state index contributed by atoms with van der Waals surface area (Å²) in [7, 11) is -3.58. The van der Waals surface area contributed by atoms with Crippen LogP contribution in [0.4, 0.5) is 13.2 Å². The third kappa shape index (κ3) is 3.29. The molecule has 4 rings (SSSR count). The summed E-state index contributed by atoms with van der Waals surface area (Å²) in [5, 5.41) is 0. The second-order valence-corrected chi connectivity index (χ2v) is 8.70. The van der Waals surface area contributed by atoms with Crippen LogP contribution in [0.1, 0.15) is 36.9 Å². The van der Waals surface area contributed by atoms with Crippen molar-refractivity contribution < 1.29 is 21.6 Å². The molecule has 1 aliphatic carbocycles. The number of fused-ring (bicyclic) bond motifs is 1. The Hall–Kier alpha value is -2.49. The van der Waals surface area contributed by atoms with Crippen LogP contribution in [0.2, 0.25) is 0 Å². The molecule has 0 aliphatic heterocycles. The molecule has 1 fully saturated rings. The average Bonchev–Trinajstić information content (AvgIpc) is 3.38. The lowest BCUT2D eigenvalue weighted by atomic mass is 10.1. The van der Waals surface area contributed by atoms with Gasteiger partial charge >= 0.3 is 6.18 Å². The molecule has 0 amide bonds. The van der Waals surface area contributed by atoms with Crippen LogP contribution in [0.5, 0.6) is 0 Å². The van der Waals surface area contributed by atoms with Crippen LogP contribution in [0.15, 0.2) is 35.7 Å². The second-order valence-electron chi connectivity index (χ2n) is 6.46. The molecule has 1 aliphatic rings. The van der Waals surface area contributed by atoms with Gasteiger partial charge in [0.2, 0.25) is 0 Å². The Morgan fingerprint density at radius 2 is 1.96 bits per heavy atom. The maximum atomic E-state index is 12.8. The zero-order chi connectivity index (χ0) is 19.4. The molecule has 0 aromatic carbocycles. The van der Waals surface area contributed by atoms with E-state index in [1.165, 1.54) is 17.5 Å². The smallest absolute Gasteiger partial charge is 0.290 e. The first-order valence-corrected chi connectivity index (χ1v) is 9.99. The van der Waals surface area contributed by atoms with Gasteiger partial charge in [0.05, 0.1) is 10.6 Å². The van der Waals surface area contributed by atoms with Crippen LogP contribution >= 0.6 is 0 Å². The third-order valence-corrected chi connectivity index (χ3v) is 6.26. The van der Waals surface area contributed by atoms with Crippen molar-refractivity contribution in [2.45, 2.75) is 36.8 Å². The van der Waals surface area contributed by atoms with E-state index in [0.29, 0.717) is 5.92 Å². The fourth-order valence-corrected chi connectivity index (χ4v) is 3.92. The zero-order valence-corrected chi connectivity index (χ0v) is 15.0. The van der Waals surface area contributed by atoms with Gasteiger partial charge in [0.1, 0.15) is 29.1 Å². The van der Waals surface area contributed by atoms with Crippen molar-refractivity contribution in [3.63, 3.8) is 0 Å². The van der Waals surface area contributed by atoms with Crippen molar-refractivity contribution in [1.82, 2.24) is 19.4 Å². The van der Waals surface area contributed by atoms with Crippen molar-refractivity contribution >= 4 is 15.5 Å². The molecule has 0 N–H and O–H groups in total. The normalized spacial score (nSPS) is 15.4. The highest BCUT2D eigenvalue weighted by Crippen LogP contribution is 2.41. The van der Waals surface area contributed by atoms with Crippen molar-refractivity contribution in [3.8, 4) is 11.4 Å². The molecule has 0 unspecified atom stereocenters. The summed E-state index contributed by atoms with van der Waals surface area (Å²) >= 11 is 0. The van der Waals surface area contributed by atoms with Crippen LogP contribution in [0, 0.1) is 0 Å². The highest BCUT2D eigenvalue weighted by molar-refractivity contribution is 7.91. The van der Waals surface area contributed by atoms with Gasteiger partial charge in [-0.1, -0.05) is 6.92 Å². The largest absolute Gasteiger partial charge is 0.433 e. The van der Waals surface area contributed by atoms with E-state index >= 15 is 0 Å². The van der Waals surface area contributed by atoms with Gasteiger partial charge in [-0.3, -0.25) is 9.38 Å². The molecule has 6 nitrogen and oxygen atoms in total. The van der Waals surface area contributed by atoms with Crippen molar-refractivity contribution in [2.75, 3.05) is 5.75 Å². The van der Waals surface area contributed by atoms with Gasteiger partial charge in [-0.25, -0.2) is 18.4 Å². The van der Waals surface area contributed by atoms with E-state index in [1.54, 1.807) is 12.3 Å². The maximum Gasteiger partial charge on any atom is 0.433 e. The van der Waals surface area contributed by atoms with Crippen LogP contribution in [0.3, 0.4) is 0 Å². The van der Waals surface area contributed by atoms with Crippen molar-refractivity contribution in [3.05, 3.63) is 42.1 Å². The molecular weight excluding hydrogens is 381 g/mol. The average molecular weight is 396 g/mol. The summed E-state index contributed by atoms with van der Waals surface area (Å²) in [6.07, 6.45) is 1.44. The first kappa shape index (κ1) is 17.9. The number of imidazole rings is 1. The summed E-state index contributed by atoms with van der Waals surface area (Å²) in [5.74, 6) is 0.208. The lowest BCUT2D eigenvalue weighted by Crippen LogP contribution is -2.08. The van der Waals surface area contributed by atoms with Gasteiger partial charge in [-0.2, -0.15) is 13.2 Å². The highest BCUT2D eigenvalue weighted by Gasteiger charge is 2.33. The standard InChI is InChI=1S/C17H15F3N4O2S/c1-2-27(25,26)13-5-11(10-3-4-10)7-21-16(13)12-8-24-9-22-14(17(18,19)20)6-15(24)23-12/h5-10H,2-4H2,1H3.